The van der Waals surface area contributed by atoms with Crippen LogP contribution in [0.2, 0.25) is 0 Å². The van der Waals surface area contributed by atoms with Crippen LogP contribution in [0.1, 0.15) is 231 Å². The van der Waals surface area contributed by atoms with E-state index >= 15 is 0 Å². The zero-order valence-electron chi connectivity index (χ0n) is 73.8. The molecule has 4 aromatic rings. The number of likely N-dealkylation sites (N-methyl/N-ethyl adjacent to an activating group) is 1. The number of aliphatic hydroxyl groups is 1. The topological polar surface area (TPSA) is 659 Å². The highest BCUT2D eigenvalue weighted by Crippen LogP contribution is 2.66. The number of carbonyl (C=O) groups is 7. The van der Waals surface area contributed by atoms with Crippen molar-refractivity contribution in [2.75, 3.05) is 48.4 Å². The summed E-state index contributed by atoms with van der Waals surface area (Å²) in [6, 6.07) is 6.87. The van der Waals surface area contributed by atoms with E-state index in [2.05, 4.69) is 86.9 Å². The monoisotopic (exact) mass is 1960 g/mol. The van der Waals surface area contributed by atoms with Gasteiger partial charge in [-0.15, -0.1) is 4.33 Å². The van der Waals surface area contributed by atoms with Crippen LogP contribution in [0.25, 0.3) is 11.0 Å². The van der Waals surface area contributed by atoms with Gasteiger partial charge in [-0.3, -0.25) is 42.6 Å². The Balaban J connectivity index is 0.888. The van der Waals surface area contributed by atoms with Crippen molar-refractivity contribution in [2.45, 2.75) is 271 Å². The summed E-state index contributed by atoms with van der Waals surface area (Å²) >= 11 is 0.886. The number of aliphatic hydroxyl groups excluding tert-OH is 1. The molecule has 21 N–H and O–H groups in total. The molecule has 47 heteroatoms. The Bertz CT molecular complexity index is 5210. The summed E-state index contributed by atoms with van der Waals surface area (Å²) in [5, 5.41) is 63.4. The molecular weight excluding hydrogens is 1840 g/mol. The molecule has 3 aliphatic rings. The van der Waals surface area contributed by atoms with Crippen LogP contribution >= 0.6 is 57.1 Å². The number of carboxylic acids is 1. The number of amides is 2. The molecule has 5 heterocycles. The number of aromatic nitrogens is 3. The zero-order chi connectivity index (χ0) is 96.6. The number of ether oxygens (including phenoxy) is 1. The Hall–Kier alpha value is -7.74. The van der Waals surface area contributed by atoms with Gasteiger partial charge < -0.3 is 93.8 Å². The molecule has 1 saturated heterocycles. The van der Waals surface area contributed by atoms with E-state index in [1.165, 1.54) is 50.8 Å². The van der Waals surface area contributed by atoms with E-state index in [1.54, 1.807) is 6.07 Å². The zero-order valence-corrected chi connectivity index (χ0v) is 79.8. The minimum Gasteiger partial charge on any atom is -0.480 e. The molecule has 0 spiro atoms. The largest absolute Gasteiger partial charge is 0.490 e. The lowest BCUT2D eigenvalue weighted by Gasteiger charge is -2.25. The van der Waals surface area contributed by atoms with Crippen LogP contribution in [0.3, 0.4) is 0 Å². The van der Waals surface area contributed by atoms with E-state index in [0.717, 1.165) is 45.3 Å². The predicted octanol–water partition coefficient (Wildman–Crippen LogP) is 11.4. The molecular formula is C84H122N14O26P3S4+. The first-order chi connectivity index (χ1) is 61.8. The van der Waals surface area contributed by atoms with E-state index in [9.17, 15) is 75.1 Å². The summed E-state index contributed by atoms with van der Waals surface area (Å²) in [4.78, 5) is 139. The molecule has 0 bridgehead atoms. The molecule has 0 aliphatic carbocycles. The molecule has 722 valence electrons. The fourth-order valence-corrected chi connectivity index (χ4v) is 21.4. The molecule has 9 atom stereocenters. The summed E-state index contributed by atoms with van der Waals surface area (Å²) in [6.45, 7) is 10.7. The molecule has 40 nitrogen and oxygen atoms in total. The van der Waals surface area contributed by atoms with Crippen molar-refractivity contribution in [3.05, 3.63) is 102 Å². The highest BCUT2D eigenvalue weighted by atomic mass is 33.1. The number of Topliss-reactive ketones (excluding diaryl/α,β-unsaturated/α-hetero) is 4. The van der Waals surface area contributed by atoms with E-state index in [1.807, 2.05) is 56.4 Å². The number of phosphoric acid groups is 3. The van der Waals surface area contributed by atoms with Crippen LogP contribution in [0.4, 0.5) is 17.2 Å². The molecule has 9 unspecified atom stereocenters. The number of carboxylic acid groups (broad SMARTS) is 1. The van der Waals surface area contributed by atoms with Crippen LogP contribution in [-0.4, -0.2) is 205 Å². The van der Waals surface area contributed by atoms with Crippen molar-refractivity contribution in [1.29, 1.82) is 16.2 Å². The Labute approximate surface area is 773 Å². The summed E-state index contributed by atoms with van der Waals surface area (Å²) in [6.07, 6.45) is 17.3. The second-order valence-corrected chi connectivity index (χ2v) is 42.3. The number of aliphatic carboxylic acids is 1. The van der Waals surface area contributed by atoms with Crippen molar-refractivity contribution in [3.8, 4) is 11.8 Å². The number of rotatable bonds is 62. The fraction of sp³-hybridized carbons (Fsp3) is 0.560. The first-order valence-electron chi connectivity index (χ1n) is 43.0. The summed E-state index contributed by atoms with van der Waals surface area (Å²) < 4.78 is 96.6. The van der Waals surface area contributed by atoms with Crippen LogP contribution in [0.5, 0.6) is 0 Å². The number of phosphoric ester groups is 1. The van der Waals surface area contributed by atoms with Gasteiger partial charge in [0.05, 0.1) is 58.1 Å². The van der Waals surface area contributed by atoms with Crippen LogP contribution < -0.4 is 38.5 Å². The lowest BCUT2D eigenvalue weighted by Crippen LogP contribution is -2.48. The maximum atomic E-state index is 14.0. The number of fused-ring (bicyclic) bond motifs is 3. The minimum absolute atomic E-state index is 0.0265. The number of carbonyl (C=O) groups excluding carboxylic acids is 6. The van der Waals surface area contributed by atoms with Gasteiger partial charge in [0.25, 0.3) is 10.1 Å². The number of anilines is 2. The number of allylic oxidation sites excluding steroid dienone is 6. The van der Waals surface area contributed by atoms with Crippen LogP contribution in [0.15, 0.2) is 94.8 Å². The third-order valence-electron chi connectivity index (χ3n) is 22.2. The summed E-state index contributed by atoms with van der Waals surface area (Å²) in [7, 11) is -19.0. The first kappa shape index (κ1) is 110. The highest BCUT2D eigenvalue weighted by Gasteiger charge is 2.47. The number of hydrogen-bond acceptors (Lipinski definition) is 33. The maximum Gasteiger partial charge on any atom is 0.490 e. The first-order valence-corrected chi connectivity index (χ1v) is 52.1. The number of nitrogens with zero attached hydrogens (tertiary/aromatic N) is 5. The van der Waals surface area contributed by atoms with Gasteiger partial charge in [0.15, 0.2) is 17.3 Å². The predicted molar refractivity (Wildman–Crippen MR) is 496 cm³/mol. The minimum atomic E-state index is -5.82. The van der Waals surface area contributed by atoms with E-state index in [4.69, 9.17) is 68.4 Å². The van der Waals surface area contributed by atoms with Gasteiger partial charge >= 0.3 is 29.4 Å². The van der Waals surface area contributed by atoms with Gasteiger partial charge in [-0.2, -0.15) is 21.6 Å². The van der Waals surface area contributed by atoms with E-state index in [-0.39, 0.29) is 139 Å². The molecule has 2 amide bonds. The molecule has 2 aromatic carbocycles. The van der Waals surface area contributed by atoms with Crippen molar-refractivity contribution in [2.24, 2.45) is 17.2 Å². The maximum absolute atomic E-state index is 14.0. The van der Waals surface area contributed by atoms with Gasteiger partial charge in [-0.25, -0.2) is 28.9 Å². The second kappa shape index (κ2) is 52.4. The van der Waals surface area contributed by atoms with Crippen LogP contribution in [0, 0.1) is 28.1 Å². The van der Waals surface area contributed by atoms with E-state index < -0.39 is 106 Å². The number of nitrogens with two attached hydrogens (primary N) is 4. The third kappa shape index (κ3) is 35.5. The van der Waals surface area contributed by atoms with E-state index in [0.29, 0.717) is 145 Å². The normalized spacial score (nSPS) is 18.1. The molecule has 3 aliphatic heterocycles. The lowest BCUT2D eigenvalue weighted by molar-refractivity contribution is -0.438. The van der Waals surface area contributed by atoms with Crippen LogP contribution in [-0.2, 0) is 95.5 Å². The van der Waals surface area contributed by atoms with Gasteiger partial charge in [0, 0.05) is 152 Å². The number of nitrogens with one attached hydrogen (secondary N) is 5. The molecule has 0 radical (unpaired) electrons. The molecule has 0 saturated carbocycles. The fourth-order valence-electron chi connectivity index (χ4n) is 15.2. The van der Waals surface area contributed by atoms with Gasteiger partial charge in [-0.1, -0.05) is 96.2 Å². The van der Waals surface area contributed by atoms with Crippen molar-refractivity contribution in [1.82, 2.24) is 25.2 Å². The number of ketones is 4. The summed E-state index contributed by atoms with van der Waals surface area (Å²) in [5.74, 6) is 3.74. The molecule has 2 aromatic heterocycles. The molecule has 131 heavy (non-hydrogen) atoms. The highest BCUT2D eigenvalue weighted by molar-refractivity contribution is 8.76. The van der Waals surface area contributed by atoms with Crippen molar-refractivity contribution in [3.63, 3.8) is 0 Å². The van der Waals surface area contributed by atoms with Crippen molar-refractivity contribution >= 4 is 159 Å². The summed E-state index contributed by atoms with van der Waals surface area (Å²) in [5.41, 5.74) is 29.6. The SMILES string of the molecule is CCN1C(=CC=CC=CC2=[N+](CCCCCC(=O)NC(CSSCCC(=O)CCC#Cc3cn(C4CC(O)C(COP(=O)(O)OP(=O)(O)OP(=O)(O)O)O4)c4ncnc(N)c34)C(=O)NCCCCCC(=O)CC(=N)CCCCC(N)C(=O)CC(=N)CCCCC(N)C(=O)CC(=N)CCCCC(N)C(=O)O)c3ccc(S(=O)(=O)O)cc3C2(C)C)C(C)(C)c2cc(SOOO)ccc21. The Morgan fingerprint density at radius 3 is 2.01 bits per heavy atom. The third-order valence-corrected chi connectivity index (χ3v) is 29.8. The quantitative estimate of drug-likeness (QED) is 0.00167. The van der Waals surface area contributed by atoms with Gasteiger partial charge in [0.1, 0.15) is 60.3 Å². The number of benzene rings is 2. The average Bonchev–Trinajstić information content (AvgIpc) is 1.59. The standard InChI is InChI=1S/C84H121N14O26P3S4/c1-6-96-68-38-36-60(130-122-121-108)47-62(68)83(2,3)74(96)33-11-7-12-34-75-84(4,5)63-48-61(131(116,117)118)37-39-69(63)97(75)42-23-9-13-35-76(104)95-67(52-129-128-43-40-58(99)28-18-14-24-54-50-98(80-78(54)79(91)93-53-94-80)77-49-72(103)73(120-77)51-119-126(112,113)124-127(114,115)123-125(109,110)111)81(105)92-41-22-8-10-29-59(100)44-55(85)25-15-19-30-64(88)70(101)45-56(86)26-16-20-31-65(89)71(102)46-57(87)27-17-21-32-66(90)82(106)107/h7,11-12,33-34,36-39,47-48,50,53,64-67,72-73,77,85-87,103H,6,8-10,13,15-23,25-32,35,40-46,49,51-52,88-90H2,1-5H3,(H10-,91,92,93,94,95,104,105,106,107,108,109,110,111,112,113,114,115,116,117,118)/p+1. The molecule has 1 fully saturated rings. The van der Waals surface area contributed by atoms with Gasteiger partial charge in [-0.05, 0) is 146 Å². The number of unbranched alkanes of at least 4 members (excludes halogenated alkanes) is 7. The number of nitrogen functional groups attached to an aromatic ring is 1. The Morgan fingerprint density at radius 2 is 1.37 bits per heavy atom. The van der Waals surface area contributed by atoms with Gasteiger partial charge in [0.2, 0.25) is 17.5 Å². The lowest BCUT2D eigenvalue weighted by atomic mass is 9.81. The second-order valence-electron chi connectivity index (χ2n) is 33.0. The average molecular weight is 1970 g/mol. The number of hydrogen-bond donors (Lipinski definition) is 17. The molecule has 7 rings (SSSR count). The Kier molecular flexibility index (Phi) is 44.1. The van der Waals surface area contributed by atoms with Crippen molar-refractivity contribution < 1.29 is 127 Å². The smallest absolute Gasteiger partial charge is 0.480 e. The Morgan fingerprint density at radius 1 is 0.740 bits per heavy atom.